The van der Waals surface area contributed by atoms with E-state index in [9.17, 15) is 5.11 Å². The highest BCUT2D eigenvalue weighted by atomic mass is 16.3. The molecule has 104 valence electrons. The Labute approximate surface area is 114 Å². The summed E-state index contributed by atoms with van der Waals surface area (Å²) >= 11 is 0. The lowest BCUT2D eigenvalue weighted by atomic mass is 10.00. The number of anilines is 1. The van der Waals surface area contributed by atoms with Crippen LogP contribution in [0.1, 0.15) is 31.4 Å². The molecule has 19 heavy (non-hydrogen) atoms. The van der Waals surface area contributed by atoms with Gasteiger partial charge in [0, 0.05) is 36.8 Å². The Kier molecular flexibility index (Phi) is 3.46. The summed E-state index contributed by atoms with van der Waals surface area (Å²) in [5, 5.41) is 13.3. The maximum Gasteiger partial charge on any atom is 0.133 e. The van der Waals surface area contributed by atoms with Crippen LogP contribution in [0.4, 0.5) is 5.82 Å². The van der Waals surface area contributed by atoms with Crippen LogP contribution in [-0.2, 0) is 0 Å². The van der Waals surface area contributed by atoms with Crippen LogP contribution in [0.25, 0.3) is 0 Å². The predicted molar refractivity (Wildman–Crippen MR) is 76.1 cm³/mol. The van der Waals surface area contributed by atoms with Gasteiger partial charge in [-0.05, 0) is 38.8 Å². The minimum absolute atomic E-state index is 0.108. The van der Waals surface area contributed by atoms with E-state index >= 15 is 0 Å². The van der Waals surface area contributed by atoms with E-state index in [4.69, 9.17) is 0 Å². The first-order chi connectivity index (χ1) is 9.20. The van der Waals surface area contributed by atoms with Crippen molar-refractivity contribution in [3.63, 3.8) is 0 Å². The van der Waals surface area contributed by atoms with E-state index in [1.54, 1.807) is 0 Å². The van der Waals surface area contributed by atoms with Crippen molar-refractivity contribution in [2.75, 3.05) is 25.0 Å². The molecular weight excluding hydrogens is 238 g/mol. The number of hydrogen-bond acceptors (Lipinski definition) is 4. The van der Waals surface area contributed by atoms with Crippen LogP contribution >= 0.6 is 0 Å². The van der Waals surface area contributed by atoms with Crippen molar-refractivity contribution in [2.24, 2.45) is 11.8 Å². The Balaban J connectivity index is 1.84. The highest BCUT2D eigenvalue weighted by molar-refractivity contribution is 5.49. The number of aromatic nitrogens is 1. The highest BCUT2D eigenvalue weighted by Crippen LogP contribution is 2.40. The molecule has 3 rings (SSSR count). The Morgan fingerprint density at radius 1 is 1.42 bits per heavy atom. The molecule has 0 bridgehead atoms. The van der Waals surface area contributed by atoms with Crippen molar-refractivity contribution in [2.45, 2.75) is 31.9 Å². The van der Waals surface area contributed by atoms with Crippen molar-refractivity contribution in [3.05, 3.63) is 23.9 Å². The molecule has 4 nitrogen and oxygen atoms in total. The zero-order chi connectivity index (χ0) is 13.4. The third-order valence-corrected chi connectivity index (χ3v) is 4.83. The second-order valence-corrected chi connectivity index (χ2v) is 5.90. The largest absolute Gasteiger partial charge is 0.393 e. The van der Waals surface area contributed by atoms with Crippen LogP contribution in [0.3, 0.4) is 0 Å². The number of aliphatic hydroxyl groups is 1. The molecule has 2 N–H and O–H groups in total. The molecule has 0 spiro atoms. The van der Waals surface area contributed by atoms with Crippen LogP contribution in [0.5, 0.6) is 0 Å². The summed E-state index contributed by atoms with van der Waals surface area (Å²) < 4.78 is 0. The topological polar surface area (TPSA) is 48.4 Å². The molecule has 2 fully saturated rings. The first kappa shape index (κ1) is 12.9. The predicted octanol–water partition coefficient (Wildman–Crippen LogP) is 1.57. The van der Waals surface area contributed by atoms with E-state index in [2.05, 4.69) is 28.2 Å². The van der Waals surface area contributed by atoms with Gasteiger partial charge in [0.2, 0.25) is 0 Å². The molecule has 1 aromatic rings. The number of nitrogens with one attached hydrogen (secondary N) is 1. The summed E-state index contributed by atoms with van der Waals surface area (Å²) in [6.07, 6.45) is 3.90. The molecule has 4 unspecified atom stereocenters. The lowest BCUT2D eigenvalue weighted by molar-refractivity contribution is 0.133. The normalized spacial score (nSPS) is 31.5. The van der Waals surface area contributed by atoms with E-state index in [0.717, 1.165) is 31.7 Å². The van der Waals surface area contributed by atoms with Gasteiger partial charge in [0.1, 0.15) is 5.82 Å². The summed E-state index contributed by atoms with van der Waals surface area (Å²) in [6, 6.07) is 4.45. The minimum Gasteiger partial charge on any atom is -0.393 e. The zero-order valence-electron chi connectivity index (χ0n) is 11.7. The lowest BCUT2D eigenvalue weighted by Crippen LogP contribution is -2.27. The molecular formula is C15H23N3O. The zero-order valence-corrected chi connectivity index (χ0v) is 11.7. The van der Waals surface area contributed by atoms with Gasteiger partial charge in [-0.3, -0.25) is 0 Å². The van der Waals surface area contributed by atoms with Crippen molar-refractivity contribution in [1.82, 2.24) is 10.3 Å². The molecule has 1 saturated carbocycles. The van der Waals surface area contributed by atoms with Crippen LogP contribution in [0, 0.1) is 11.8 Å². The van der Waals surface area contributed by atoms with Gasteiger partial charge in [-0.2, -0.15) is 0 Å². The molecule has 2 aliphatic rings. The Bertz CT molecular complexity index is 451. The summed E-state index contributed by atoms with van der Waals surface area (Å²) in [5.41, 5.74) is 1.25. The van der Waals surface area contributed by atoms with Gasteiger partial charge in [0.15, 0.2) is 0 Å². The summed E-state index contributed by atoms with van der Waals surface area (Å²) in [6.45, 7) is 4.15. The SMILES string of the molecule is CNC(C)c1cccnc1N1CC2CCC(O)C2C1. The van der Waals surface area contributed by atoms with Crippen molar-refractivity contribution in [3.8, 4) is 0 Å². The summed E-state index contributed by atoms with van der Waals surface area (Å²) in [4.78, 5) is 6.95. The van der Waals surface area contributed by atoms with Gasteiger partial charge in [-0.25, -0.2) is 4.98 Å². The highest BCUT2D eigenvalue weighted by Gasteiger charge is 2.42. The van der Waals surface area contributed by atoms with Gasteiger partial charge >= 0.3 is 0 Å². The van der Waals surface area contributed by atoms with Gasteiger partial charge in [-0.15, -0.1) is 0 Å². The monoisotopic (exact) mass is 261 g/mol. The quantitative estimate of drug-likeness (QED) is 0.867. The van der Waals surface area contributed by atoms with E-state index < -0.39 is 0 Å². The maximum atomic E-state index is 10.0. The Morgan fingerprint density at radius 2 is 2.26 bits per heavy atom. The smallest absolute Gasteiger partial charge is 0.133 e. The van der Waals surface area contributed by atoms with E-state index in [-0.39, 0.29) is 6.10 Å². The average Bonchev–Trinajstić information content (AvgIpc) is 3.00. The fraction of sp³-hybridized carbons (Fsp3) is 0.667. The van der Waals surface area contributed by atoms with E-state index in [1.165, 1.54) is 5.56 Å². The van der Waals surface area contributed by atoms with E-state index in [0.29, 0.717) is 17.9 Å². The number of hydrogen-bond donors (Lipinski definition) is 2. The molecule has 0 aromatic carbocycles. The fourth-order valence-electron chi connectivity index (χ4n) is 3.58. The number of nitrogens with zero attached hydrogens (tertiary/aromatic N) is 2. The third kappa shape index (κ3) is 2.23. The lowest BCUT2D eigenvalue weighted by Gasteiger charge is -2.24. The average molecular weight is 261 g/mol. The van der Waals surface area contributed by atoms with Crippen LogP contribution in [-0.4, -0.2) is 36.3 Å². The molecule has 1 saturated heterocycles. The van der Waals surface area contributed by atoms with Gasteiger partial charge in [0.05, 0.1) is 6.10 Å². The van der Waals surface area contributed by atoms with Crippen molar-refractivity contribution < 1.29 is 5.11 Å². The number of fused-ring (bicyclic) bond motifs is 1. The Hall–Kier alpha value is -1.13. The van der Waals surface area contributed by atoms with Gasteiger partial charge < -0.3 is 15.3 Å². The molecule has 1 aliphatic heterocycles. The fourth-order valence-corrected chi connectivity index (χ4v) is 3.58. The van der Waals surface area contributed by atoms with Crippen LogP contribution in [0.2, 0.25) is 0 Å². The molecule has 4 atom stereocenters. The minimum atomic E-state index is -0.108. The van der Waals surface area contributed by atoms with E-state index in [1.807, 2.05) is 19.3 Å². The standard InChI is InChI=1S/C15H23N3O/c1-10(16-2)12-4-3-7-17-15(12)18-8-11-5-6-14(19)13(11)9-18/h3-4,7,10-11,13-14,16,19H,5-6,8-9H2,1-2H3. The molecule has 4 heteroatoms. The molecule has 1 aromatic heterocycles. The second-order valence-electron chi connectivity index (χ2n) is 5.90. The van der Waals surface area contributed by atoms with Gasteiger partial charge in [0.25, 0.3) is 0 Å². The number of pyridine rings is 1. The van der Waals surface area contributed by atoms with Crippen LogP contribution in [0.15, 0.2) is 18.3 Å². The molecule has 2 heterocycles. The van der Waals surface area contributed by atoms with Crippen LogP contribution < -0.4 is 10.2 Å². The molecule has 1 aliphatic carbocycles. The summed E-state index contributed by atoms with van der Waals surface area (Å²) in [5.74, 6) is 2.18. The van der Waals surface area contributed by atoms with Crippen molar-refractivity contribution >= 4 is 5.82 Å². The second kappa shape index (κ2) is 5.10. The first-order valence-electron chi connectivity index (χ1n) is 7.26. The maximum absolute atomic E-state index is 10.0. The molecule has 0 radical (unpaired) electrons. The first-order valence-corrected chi connectivity index (χ1v) is 7.26. The molecule has 0 amide bonds. The Morgan fingerprint density at radius 3 is 3.00 bits per heavy atom. The third-order valence-electron chi connectivity index (χ3n) is 4.83. The summed E-state index contributed by atoms with van der Waals surface area (Å²) in [7, 11) is 1.98. The van der Waals surface area contributed by atoms with Gasteiger partial charge in [-0.1, -0.05) is 6.07 Å². The van der Waals surface area contributed by atoms with Crippen molar-refractivity contribution in [1.29, 1.82) is 0 Å². The number of aliphatic hydroxyl groups excluding tert-OH is 1. The number of rotatable bonds is 3.